The summed E-state index contributed by atoms with van der Waals surface area (Å²) >= 11 is 1.58. The second-order valence-electron chi connectivity index (χ2n) is 5.17. The fraction of sp³-hybridized carbons (Fsp3) is 0.278. The Hall–Kier alpha value is -1.81. The highest BCUT2D eigenvalue weighted by Crippen LogP contribution is 2.12. The molecule has 0 saturated heterocycles. The third kappa shape index (κ3) is 5.53. The summed E-state index contributed by atoms with van der Waals surface area (Å²) in [6.07, 6.45) is 0.515. The average molecular weight is 317 g/mol. The summed E-state index contributed by atoms with van der Waals surface area (Å²) in [6, 6.07) is 15.0. The van der Waals surface area contributed by atoms with E-state index in [2.05, 4.69) is 36.5 Å². The van der Waals surface area contributed by atoms with Crippen LogP contribution in [0.5, 0.6) is 0 Å². The number of nitrogens with one attached hydrogen (secondary N) is 1. The maximum atomic E-state index is 13.4. The summed E-state index contributed by atoms with van der Waals surface area (Å²) in [6.45, 7) is 2.52. The lowest BCUT2D eigenvalue weighted by atomic mass is 10.1. The van der Waals surface area contributed by atoms with Crippen molar-refractivity contribution in [2.75, 3.05) is 12.3 Å². The highest BCUT2D eigenvalue weighted by atomic mass is 32.2. The third-order valence-corrected chi connectivity index (χ3v) is 4.30. The van der Waals surface area contributed by atoms with Gasteiger partial charge in [-0.25, -0.2) is 4.39 Å². The van der Waals surface area contributed by atoms with Crippen LogP contribution in [0.3, 0.4) is 0 Å². The van der Waals surface area contributed by atoms with Crippen molar-refractivity contribution in [2.24, 2.45) is 0 Å². The number of thioether (sulfide) groups is 1. The van der Waals surface area contributed by atoms with Gasteiger partial charge in [0.1, 0.15) is 5.82 Å². The molecule has 2 nitrogen and oxygen atoms in total. The molecule has 0 aliphatic carbocycles. The second-order valence-corrected chi connectivity index (χ2v) is 6.16. The Kier molecular flexibility index (Phi) is 6.46. The number of carbonyl (C=O) groups is 1. The smallest absolute Gasteiger partial charge is 0.230 e. The Morgan fingerprint density at radius 3 is 2.59 bits per heavy atom. The first-order chi connectivity index (χ1) is 10.6. The largest absolute Gasteiger partial charge is 0.355 e. The molecule has 0 atom stereocenters. The summed E-state index contributed by atoms with van der Waals surface area (Å²) < 4.78 is 13.4. The van der Waals surface area contributed by atoms with Crippen molar-refractivity contribution in [1.82, 2.24) is 5.32 Å². The van der Waals surface area contributed by atoms with E-state index in [1.54, 1.807) is 30.0 Å². The van der Waals surface area contributed by atoms with Crippen LogP contribution >= 0.6 is 11.8 Å². The minimum absolute atomic E-state index is 0.00606. The number of carbonyl (C=O) groups excluding carboxylic acids is 1. The molecule has 116 valence electrons. The van der Waals surface area contributed by atoms with Crippen molar-refractivity contribution in [3.05, 3.63) is 71.0 Å². The van der Waals surface area contributed by atoms with Crippen LogP contribution in [0.2, 0.25) is 0 Å². The van der Waals surface area contributed by atoms with Gasteiger partial charge in [-0.3, -0.25) is 4.79 Å². The quantitative estimate of drug-likeness (QED) is 0.843. The molecule has 0 unspecified atom stereocenters. The molecule has 0 aliphatic heterocycles. The monoisotopic (exact) mass is 317 g/mol. The van der Waals surface area contributed by atoms with Crippen molar-refractivity contribution in [2.45, 2.75) is 19.1 Å². The van der Waals surface area contributed by atoms with Gasteiger partial charge in [0.15, 0.2) is 0 Å². The Morgan fingerprint density at radius 1 is 1.14 bits per heavy atom. The lowest BCUT2D eigenvalue weighted by Gasteiger charge is -2.06. The maximum absolute atomic E-state index is 13.4. The fourth-order valence-corrected chi connectivity index (χ4v) is 2.85. The van der Waals surface area contributed by atoms with Crippen LogP contribution in [-0.2, 0) is 17.0 Å². The zero-order chi connectivity index (χ0) is 15.8. The van der Waals surface area contributed by atoms with Crippen LogP contribution < -0.4 is 5.32 Å². The highest BCUT2D eigenvalue weighted by molar-refractivity contribution is 7.99. The molecule has 0 aliphatic rings. The van der Waals surface area contributed by atoms with Gasteiger partial charge in [0.2, 0.25) is 5.91 Å². The number of benzene rings is 2. The molecule has 1 N–H and O–H groups in total. The van der Waals surface area contributed by atoms with Crippen LogP contribution in [0.4, 0.5) is 4.39 Å². The van der Waals surface area contributed by atoms with Crippen molar-refractivity contribution >= 4 is 17.7 Å². The first kappa shape index (κ1) is 16.6. The topological polar surface area (TPSA) is 29.1 Å². The summed E-state index contributed by atoms with van der Waals surface area (Å²) in [4.78, 5) is 11.7. The molecule has 0 spiro atoms. The summed E-state index contributed by atoms with van der Waals surface area (Å²) in [5, 5.41) is 2.83. The predicted molar refractivity (Wildman–Crippen MR) is 90.5 cm³/mol. The number of hydrogen-bond acceptors (Lipinski definition) is 2. The number of rotatable bonds is 7. The van der Waals surface area contributed by atoms with Gasteiger partial charge in [-0.15, -0.1) is 11.8 Å². The Morgan fingerprint density at radius 2 is 1.86 bits per heavy atom. The molecule has 2 aromatic rings. The molecule has 4 heteroatoms. The minimum Gasteiger partial charge on any atom is -0.355 e. The summed E-state index contributed by atoms with van der Waals surface area (Å²) in [7, 11) is 0. The summed E-state index contributed by atoms with van der Waals surface area (Å²) in [5.74, 6) is 1.02. The number of halogens is 1. The lowest BCUT2D eigenvalue weighted by molar-refractivity contribution is -0.118. The van der Waals surface area contributed by atoms with E-state index in [9.17, 15) is 9.18 Å². The molecule has 0 saturated carbocycles. The Balaban J connectivity index is 1.64. The molecule has 22 heavy (non-hydrogen) atoms. The van der Waals surface area contributed by atoms with Crippen LogP contribution in [0.1, 0.15) is 16.7 Å². The summed E-state index contributed by atoms with van der Waals surface area (Å²) in [5.41, 5.74) is 3.09. The molecule has 0 radical (unpaired) electrons. The van der Waals surface area contributed by atoms with Crippen molar-refractivity contribution in [1.29, 1.82) is 0 Å². The van der Waals surface area contributed by atoms with Crippen molar-refractivity contribution < 1.29 is 9.18 Å². The first-order valence-electron chi connectivity index (χ1n) is 7.28. The molecule has 0 fully saturated rings. The van der Waals surface area contributed by atoms with E-state index >= 15 is 0 Å². The fourth-order valence-electron chi connectivity index (χ4n) is 2.03. The molecule has 0 bridgehead atoms. The van der Waals surface area contributed by atoms with Crippen LogP contribution in [0.25, 0.3) is 0 Å². The molecule has 2 rings (SSSR count). The average Bonchev–Trinajstić information content (AvgIpc) is 2.51. The van der Waals surface area contributed by atoms with E-state index in [4.69, 9.17) is 0 Å². The van der Waals surface area contributed by atoms with Gasteiger partial charge < -0.3 is 5.32 Å². The zero-order valence-electron chi connectivity index (χ0n) is 12.6. The zero-order valence-corrected chi connectivity index (χ0v) is 13.5. The number of hydrogen-bond donors (Lipinski definition) is 1. The maximum Gasteiger partial charge on any atom is 0.230 e. The molecule has 0 aromatic heterocycles. The van der Waals surface area contributed by atoms with E-state index in [0.717, 1.165) is 5.75 Å². The molecular formula is C18H20FNOS. The van der Waals surface area contributed by atoms with Gasteiger partial charge in [-0.2, -0.15) is 0 Å². The van der Waals surface area contributed by atoms with Crippen LogP contribution in [-0.4, -0.2) is 18.2 Å². The van der Waals surface area contributed by atoms with Gasteiger partial charge in [0.25, 0.3) is 0 Å². The van der Waals surface area contributed by atoms with Crippen molar-refractivity contribution in [3.63, 3.8) is 0 Å². The minimum atomic E-state index is -0.217. The van der Waals surface area contributed by atoms with Gasteiger partial charge >= 0.3 is 0 Å². The van der Waals surface area contributed by atoms with E-state index < -0.39 is 0 Å². The first-order valence-corrected chi connectivity index (χ1v) is 8.44. The van der Waals surface area contributed by atoms with E-state index in [0.29, 0.717) is 24.3 Å². The Bertz CT molecular complexity index is 613. The standard InChI is InChI=1S/C18H20FNOS/c1-14-6-8-15(9-7-14)12-22-13-18(21)20-11-10-16-4-2-3-5-17(16)19/h2-9H,10-13H2,1H3,(H,20,21). The SMILES string of the molecule is Cc1ccc(CSCC(=O)NCCc2ccccc2F)cc1. The third-order valence-electron chi connectivity index (χ3n) is 3.30. The van der Waals surface area contributed by atoms with Gasteiger partial charge in [-0.05, 0) is 30.5 Å². The van der Waals surface area contributed by atoms with Crippen LogP contribution in [0.15, 0.2) is 48.5 Å². The lowest BCUT2D eigenvalue weighted by Crippen LogP contribution is -2.27. The number of aryl methyl sites for hydroxylation is 1. The van der Waals surface area contributed by atoms with Gasteiger partial charge in [0, 0.05) is 12.3 Å². The van der Waals surface area contributed by atoms with E-state index in [1.165, 1.54) is 17.2 Å². The van der Waals surface area contributed by atoms with E-state index in [-0.39, 0.29) is 11.7 Å². The molecular weight excluding hydrogens is 297 g/mol. The predicted octanol–water partition coefficient (Wildman–Crippen LogP) is 3.73. The highest BCUT2D eigenvalue weighted by Gasteiger charge is 2.04. The van der Waals surface area contributed by atoms with E-state index in [1.807, 2.05) is 0 Å². The van der Waals surface area contributed by atoms with Gasteiger partial charge in [0.05, 0.1) is 5.75 Å². The van der Waals surface area contributed by atoms with Crippen molar-refractivity contribution in [3.8, 4) is 0 Å². The van der Waals surface area contributed by atoms with Crippen LogP contribution in [0, 0.1) is 12.7 Å². The number of amides is 1. The molecule has 0 heterocycles. The van der Waals surface area contributed by atoms with Gasteiger partial charge in [-0.1, -0.05) is 48.0 Å². The Labute approximate surface area is 135 Å². The molecule has 2 aromatic carbocycles. The normalized spacial score (nSPS) is 10.5. The second kappa shape index (κ2) is 8.59. The molecule has 1 amide bonds.